The normalized spacial score (nSPS) is 12.2. The van der Waals surface area contributed by atoms with Crippen LogP contribution in [0.2, 0.25) is 0 Å². The van der Waals surface area contributed by atoms with Crippen LogP contribution >= 0.6 is 0 Å². The fraction of sp³-hybridized carbons (Fsp3) is 0. The van der Waals surface area contributed by atoms with Crippen molar-refractivity contribution in [3.63, 3.8) is 0 Å². The summed E-state index contributed by atoms with van der Waals surface area (Å²) in [7, 11) is 0. The number of nitrogens with zero attached hydrogens (tertiary/aromatic N) is 1. The van der Waals surface area contributed by atoms with E-state index < -0.39 is 11.7 Å². The standard InChI is InChI=1S/C20H13FN2O3/c21-15-5-3-6-16-19(15)26-17-7-2-1-4-14(17)18(22-16)12-8-10-13(11-9-12)20(24)23-25/h1-11,25H,(H,23,24). The number of hydrogen-bond donors (Lipinski definition) is 2. The molecule has 0 saturated heterocycles. The first-order valence-electron chi connectivity index (χ1n) is 7.86. The molecule has 0 aliphatic carbocycles. The molecule has 0 bridgehead atoms. The van der Waals surface area contributed by atoms with Gasteiger partial charge in [0.15, 0.2) is 11.6 Å². The van der Waals surface area contributed by atoms with Crippen molar-refractivity contribution in [3.8, 4) is 11.5 Å². The summed E-state index contributed by atoms with van der Waals surface area (Å²) >= 11 is 0. The van der Waals surface area contributed by atoms with Gasteiger partial charge >= 0.3 is 0 Å². The SMILES string of the molecule is O=C(NO)c1ccc(C2=Nc3cccc(F)c3Oc3ccccc32)cc1. The van der Waals surface area contributed by atoms with Crippen LogP contribution in [0.3, 0.4) is 0 Å². The van der Waals surface area contributed by atoms with E-state index in [1.165, 1.54) is 6.07 Å². The van der Waals surface area contributed by atoms with Gasteiger partial charge in [0.1, 0.15) is 11.4 Å². The van der Waals surface area contributed by atoms with Gasteiger partial charge in [0, 0.05) is 16.7 Å². The minimum absolute atomic E-state index is 0.0752. The van der Waals surface area contributed by atoms with Crippen LogP contribution in [0.1, 0.15) is 21.5 Å². The fourth-order valence-corrected chi connectivity index (χ4v) is 2.79. The van der Waals surface area contributed by atoms with Crippen LogP contribution in [0.25, 0.3) is 0 Å². The van der Waals surface area contributed by atoms with Gasteiger partial charge in [-0.05, 0) is 36.4 Å². The topological polar surface area (TPSA) is 70.9 Å². The van der Waals surface area contributed by atoms with E-state index in [9.17, 15) is 9.18 Å². The molecular weight excluding hydrogens is 335 g/mol. The summed E-state index contributed by atoms with van der Waals surface area (Å²) < 4.78 is 20.0. The van der Waals surface area contributed by atoms with Crippen molar-refractivity contribution in [1.82, 2.24) is 5.48 Å². The third-order valence-electron chi connectivity index (χ3n) is 4.05. The highest BCUT2D eigenvalue weighted by atomic mass is 19.1. The maximum absolute atomic E-state index is 14.2. The molecule has 1 aliphatic heterocycles. The van der Waals surface area contributed by atoms with Gasteiger partial charge in [-0.25, -0.2) is 14.9 Å². The van der Waals surface area contributed by atoms with Gasteiger partial charge in [0.2, 0.25) is 0 Å². The van der Waals surface area contributed by atoms with Crippen LogP contribution < -0.4 is 10.2 Å². The molecule has 1 heterocycles. The lowest BCUT2D eigenvalue weighted by molar-refractivity contribution is 0.0706. The van der Waals surface area contributed by atoms with Gasteiger partial charge in [-0.3, -0.25) is 10.0 Å². The maximum atomic E-state index is 14.2. The average Bonchev–Trinajstić information content (AvgIpc) is 2.85. The van der Waals surface area contributed by atoms with Crippen LogP contribution in [-0.2, 0) is 0 Å². The van der Waals surface area contributed by atoms with Crippen LogP contribution in [0.15, 0.2) is 71.7 Å². The lowest BCUT2D eigenvalue weighted by atomic mass is 10.00. The molecular formula is C20H13FN2O3. The van der Waals surface area contributed by atoms with Crippen molar-refractivity contribution in [2.45, 2.75) is 0 Å². The molecule has 3 aromatic rings. The van der Waals surface area contributed by atoms with Crippen molar-refractivity contribution >= 4 is 17.3 Å². The quantitative estimate of drug-likeness (QED) is 0.421. The predicted molar refractivity (Wildman–Crippen MR) is 93.9 cm³/mol. The minimum atomic E-state index is -0.601. The molecule has 0 spiro atoms. The van der Waals surface area contributed by atoms with Gasteiger partial charge in [0.25, 0.3) is 5.91 Å². The Kier molecular flexibility index (Phi) is 3.95. The van der Waals surface area contributed by atoms with Crippen LogP contribution in [0, 0.1) is 5.82 Å². The number of rotatable bonds is 2. The van der Waals surface area contributed by atoms with E-state index in [4.69, 9.17) is 9.94 Å². The molecule has 6 heteroatoms. The molecule has 26 heavy (non-hydrogen) atoms. The summed E-state index contributed by atoms with van der Waals surface area (Å²) in [5.74, 6) is -0.522. The second-order valence-electron chi connectivity index (χ2n) is 5.66. The smallest absolute Gasteiger partial charge is 0.274 e. The Morgan fingerprint density at radius 2 is 1.77 bits per heavy atom. The van der Waals surface area contributed by atoms with E-state index in [-0.39, 0.29) is 5.75 Å². The van der Waals surface area contributed by atoms with Crippen LogP contribution in [0.5, 0.6) is 11.5 Å². The van der Waals surface area contributed by atoms with Gasteiger partial charge in [-0.1, -0.05) is 30.3 Å². The van der Waals surface area contributed by atoms with Gasteiger partial charge in [-0.15, -0.1) is 0 Å². The predicted octanol–water partition coefficient (Wildman–Crippen LogP) is 4.22. The van der Waals surface area contributed by atoms with E-state index in [2.05, 4.69) is 4.99 Å². The Labute approximate surface area is 148 Å². The van der Waals surface area contributed by atoms with E-state index in [0.717, 1.165) is 5.56 Å². The second kappa shape index (κ2) is 6.42. The number of ether oxygens (including phenoxy) is 1. The third-order valence-corrected chi connectivity index (χ3v) is 4.05. The minimum Gasteiger partial charge on any atom is -0.451 e. The summed E-state index contributed by atoms with van der Waals surface area (Å²) in [6, 6.07) is 18.4. The fourth-order valence-electron chi connectivity index (χ4n) is 2.79. The largest absolute Gasteiger partial charge is 0.451 e. The number of hydroxylamine groups is 1. The Bertz CT molecular complexity index is 1030. The van der Waals surface area contributed by atoms with Crippen molar-refractivity contribution in [3.05, 3.63) is 89.2 Å². The van der Waals surface area contributed by atoms with Crippen molar-refractivity contribution in [2.75, 3.05) is 0 Å². The molecule has 5 nitrogen and oxygen atoms in total. The van der Waals surface area contributed by atoms with Crippen molar-refractivity contribution < 1.29 is 19.1 Å². The molecule has 0 aromatic heterocycles. The summed E-state index contributed by atoms with van der Waals surface area (Å²) in [6.45, 7) is 0. The first-order valence-corrected chi connectivity index (χ1v) is 7.86. The molecule has 0 saturated carbocycles. The molecule has 128 valence electrons. The summed E-state index contributed by atoms with van der Waals surface area (Å²) in [4.78, 5) is 16.1. The number of fused-ring (bicyclic) bond motifs is 2. The highest BCUT2D eigenvalue weighted by molar-refractivity contribution is 6.16. The first kappa shape index (κ1) is 16.0. The van der Waals surface area contributed by atoms with Gasteiger partial charge < -0.3 is 4.74 Å². The number of carbonyl (C=O) groups excluding carboxylic acids is 1. The lowest BCUT2D eigenvalue weighted by Crippen LogP contribution is -2.18. The summed E-state index contributed by atoms with van der Waals surface area (Å²) in [5.41, 5.74) is 4.32. The number of amides is 1. The van der Waals surface area contributed by atoms with Gasteiger partial charge in [0.05, 0.1) is 5.71 Å². The zero-order valence-corrected chi connectivity index (χ0v) is 13.4. The zero-order valence-electron chi connectivity index (χ0n) is 13.4. The second-order valence-corrected chi connectivity index (χ2v) is 5.66. The third kappa shape index (κ3) is 2.72. The Morgan fingerprint density at radius 1 is 1.00 bits per heavy atom. The Balaban J connectivity index is 1.89. The van der Waals surface area contributed by atoms with Crippen LogP contribution in [0.4, 0.5) is 10.1 Å². The molecule has 1 amide bonds. The van der Waals surface area contributed by atoms with E-state index in [1.807, 2.05) is 12.1 Å². The van der Waals surface area contributed by atoms with Gasteiger partial charge in [-0.2, -0.15) is 0 Å². The molecule has 3 aromatic carbocycles. The monoisotopic (exact) mass is 348 g/mol. The molecule has 1 aliphatic rings. The average molecular weight is 348 g/mol. The number of nitrogens with one attached hydrogen (secondary N) is 1. The molecule has 4 rings (SSSR count). The Hall–Kier alpha value is -3.51. The number of para-hydroxylation sites is 2. The van der Waals surface area contributed by atoms with Crippen molar-refractivity contribution in [2.24, 2.45) is 4.99 Å². The first-order chi connectivity index (χ1) is 12.7. The number of carbonyl (C=O) groups is 1. The van der Waals surface area contributed by atoms with Crippen molar-refractivity contribution in [1.29, 1.82) is 0 Å². The number of aliphatic imine (C=N–C) groups is 1. The zero-order chi connectivity index (χ0) is 18.1. The molecule has 0 radical (unpaired) electrons. The number of hydrogen-bond acceptors (Lipinski definition) is 4. The highest BCUT2D eigenvalue weighted by Gasteiger charge is 2.21. The van der Waals surface area contributed by atoms with E-state index in [0.29, 0.717) is 28.3 Å². The maximum Gasteiger partial charge on any atom is 0.274 e. The molecule has 0 unspecified atom stereocenters. The number of benzene rings is 3. The molecule has 0 fully saturated rings. The summed E-state index contributed by atoms with van der Waals surface area (Å²) in [5, 5.41) is 8.73. The van der Waals surface area contributed by atoms with E-state index >= 15 is 0 Å². The van der Waals surface area contributed by atoms with Crippen LogP contribution in [-0.4, -0.2) is 16.8 Å². The molecule has 2 N–H and O–H groups in total. The number of halogens is 1. The Morgan fingerprint density at radius 3 is 2.54 bits per heavy atom. The summed E-state index contributed by atoms with van der Waals surface area (Å²) in [6.07, 6.45) is 0. The lowest BCUT2D eigenvalue weighted by Gasteiger charge is -2.10. The van der Waals surface area contributed by atoms with E-state index in [1.54, 1.807) is 54.0 Å². The highest BCUT2D eigenvalue weighted by Crippen LogP contribution is 2.40. The molecule has 0 atom stereocenters.